The molecule has 0 heterocycles. The summed E-state index contributed by atoms with van der Waals surface area (Å²) in [5.41, 5.74) is 8.04. The van der Waals surface area contributed by atoms with Crippen molar-refractivity contribution in [1.29, 1.82) is 0 Å². The number of halogens is 1. The standard InChI is InChI=1S/C16H18FNO/c1-10(2)12-5-4-11(3)16(8-12)19-15-7-6-13(18)9-14(15)17/h4-10H,18H2,1-3H3. The molecule has 0 aliphatic rings. The van der Waals surface area contributed by atoms with Gasteiger partial charge in [0, 0.05) is 11.8 Å². The predicted molar refractivity (Wildman–Crippen MR) is 76.2 cm³/mol. The van der Waals surface area contributed by atoms with Gasteiger partial charge in [-0.3, -0.25) is 0 Å². The molecule has 2 aromatic carbocycles. The Morgan fingerprint density at radius 2 is 1.79 bits per heavy atom. The molecule has 0 unspecified atom stereocenters. The van der Waals surface area contributed by atoms with E-state index < -0.39 is 5.82 Å². The van der Waals surface area contributed by atoms with Crippen molar-refractivity contribution in [2.24, 2.45) is 0 Å². The molecule has 0 fully saturated rings. The maximum absolute atomic E-state index is 13.7. The van der Waals surface area contributed by atoms with Crippen LogP contribution in [-0.2, 0) is 0 Å². The quantitative estimate of drug-likeness (QED) is 0.815. The number of nitrogens with two attached hydrogens (primary N) is 1. The van der Waals surface area contributed by atoms with Crippen molar-refractivity contribution in [2.75, 3.05) is 5.73 Å². The van der Waals surface area contributed by atoms with Crippen LogP contribution in [-0.4, -0.2) is 0 Å². The molecule has 0 radical (unpaired) electrons. The fourth-order valence-corrected chi connectivity index (χ4v) is 1.80. The van der Waals surface area contributed by atoms with Gasteiger partial charge in [-0.25, -0.2) is 4.39 Å². The Balaban J connectivity index is 2.34. The minimum atomic E-state index is -0.450. The highest BCUT2D eigenvalue weighted by molar-refractivity contribution is 5.46. The predicted octanol–water partition coefficient (Wildman–Crippen LogP) is 4.63. The summed E-state index contributed by atoms with van der Waals surface area (Å²) in [6, 6.07) is 10.4. The normalized spacial score (nSPS) is 10.8. The van der Waals surface area contributed by atoms with Crippen LogP contribution in [0.2, 0.25) is 0 Å². The Morgan fingerprint density at radius 3 is 2.42 bits per heavy atom. The number of hydrogen-bond donors (Lipinski definition) is 1. The van der Waals surface area contributed by atoms with Crippen LogP contribution in [0.3, 0.4) is 0 Å². The van der Waals surface area contributed by atoms with Gasteiger partial charge in [0.15, 0.2) is 11.6 Å². The molecule has 0 aromatic heterocycles. The second-order valence-electron chi connectivity index (χ2n) is 4.97. The summed E-state index contributed by atoms with van der Waals surface area (Å²) in [6.45, 7) is 6.16. The van der Waals surface area contributed by atoms with Crippen LogP contribution in [0.5, 0.6) is 11.5 Å². The lowest BCUT2D eigenvalue weighted by molar-refractivity contribution is 0.439. The number of ether oxygens (including phenoxy) is 1. The summed E-state index contributed by atoms with van der Waals surface area (Å²) in [4.78, 5) is 0. The molecule has 0 saturated carbocycles. The highest BCUT2D eigenvalue weighted by Gasteiger charge is 2.09. The molecule has 100 valence electrons. The molecule has 0 aliphatic heterocycles. The van der Waals surface area contributed by atoms with Crippen molar-refractivity contribution in [3.8, 4) is 11.5 Å². The minimum absolute atomic E-state index is 0.193. The topological polar surface area (TPSA) is 35.2 Å². The van der Waals surface area contributed by atoms with E-state index >= 15 is 0 Å². The number of anilines is 1. The smallest absolute Gasteiger partial charge is 0.167 e. The third-order valence-electron chi connectivity index (χ3n) is 3.05. The van der Waals surface area contributed by atoms with Gasteiger partial charge < -0.3 is 10.5 Å². The van der Waals surface area contributed by atoms with Gasteiger partial charge in [0.1, 0.15) is 5.75 Å². The number of nitrogen functional groups attached to an aromatic ring is 1. The van der Waals surface area contributed by atoms with Gasteiger partial charge in [-0.2, -0.15) is 0 Å². The van der Waals surface area contributed by atoms with Gasteiger partial charge in [0.05, 0.1) is 0 Å². The maximum atomic E-state index is 13.7. The molecule has 19 heavy (non-hydrogen) atoms. The maximum Gasteiger partial charge on any atom is 0.167 e. The lowest BCUT2D eigenvalue weighted by Gasteiger charge is -2.13. The molecule has 2 aromatic rings. The number of aryl methyl sites for hydroxylation is 1. The Hall–Kier alpha value is -2.03. The Bertz CT molecular complexity index is 593. The van der Waals surface area contributed by atoms with E-state index in [0.29, 0.717) is 17.4 Å². The highest BCUT2D eigenvalue weighted by Crippen LogP contribution is 2.30. The Kier molecular flexibility index (Phi) is 3.74. The summed E-state index contributed by atoms with van der Waals surface area (Å²) in [5, 5.41) is 0. The molecule has 3 heteroatoms. The van der Waals surface area contributed by atoms with E-state index in [-0.39, 0.29) is 5.75 Å². The first kappa shape index (κ1) is 13.4. The van der Waals surface area contributed by atoms with Crippen LogP contribution < -0.4 is 10.5 Å². The van der Waals surface area contributed by atoms with Crippen molar-refractivity contribution >= 4 is 5.69 Å². The second kappa shape index (κ2) is 5.31. The van der Waals surface area contributed by atoms with Crippen LogP contribution >= 0.6 is 0 Å². The monoisotopic (exact) mass is 259 g/mol. The van der Waals surface area contributed by atoms with Gasteiger partial charge in [0.2, 0.25) is 0 Å². The van der Waals surface area contributed by atoms with Crippen LogP contribution in [0.15, 0.2) is 36.4 Å². The molecule has 0 saturated heterocycles. The third kappa shape index (κ3) is 3.05. The van der Waals surface area contributed by atoms with E-state index in [1.165, 1.54) is 6.07 Å². The van der Waals surface area contributed by atoms with E-state index in [0.717, 1.165) is 11.1 Å². The zero-order chi connectivity index (χ0) is 14.0. The average Bonchev–Trinajstić information content (AvgIpc) is 2.34. The molecule has 2 rings (SSSR count). The Morgan fingerprint density at radius 1 is 1.05 bits per heavy atom. The molecule has 0 bridgehead atoms. The molecule has 0 atom stereocenters. The number of rotatable bonds is 3. The van der Waals surface area contributed by atoms with E-state index in [1.54, 1.807) is 12.1 Å². The van der Waals surface area contributed by atoms with E-state index in [4.69, 9.17) is 10.5 Å². The highest BCUT2D eigenvalue weighted by atomic mass is 19.1. The van der Waals surface area contributed by atoms with E-state index in [2.05, 4.69) is 19.9 Å². The van der Waals surface area contributed by atoms with Gasteiger partial charge in [0.25, 0.3) is 0 Å². The lowest BCUT2D eigenvalue weighted by atomic mass is 10.0. The lowest BCUT2D eigenvalue weighted by Crippen LogP contribution is -1.95. The first-order valence-electron chi connectivity index (χ1n) is 6.31. The second-order valence-corrected chi connectivity index (χ2v) is 4.97. The zero-order valence-corrected chi connectivity index (χ0v) is 11.4. The molecule has 2 nitrogen and oxygen atoms in total. The first-order chi connectivity index (χ1) is 8.97. The van der Waals surface area contributed by atoms with Crippen molar-refractivity contribution in [3.63, 3.8) is 0 Å². The first-order valence-corrected chi connectivity index (χ1v) is 6.31. The summed E-state index contributed by atoms with van der Waals surface area (Å²) in [6.07, 6.45) is 0. The van der Waals surface area contributed by atoms with Gasteiger partial charge >= 0.3 is 0 Å². The molecule has 0 amide bonds. The van der Waals surface area contributed by atoms with Gasteiger partial charge in [-0.05, 0) is 42.2 Å². The van der Waals surface area contributed by atoms with Gasteiger partial charge in [-0.15, -0.1) is 0 Å². The number of hydrogen-bond acceptors (Lipinski definition) is 2. The molecular formula is C16H18FNO. The van der Waals surface area contributed by atoms with Crippen LogP contribution in [0.1, 0.15) is 30.9 Å². The largest absolute Gasteiger partial charge is 0.454 e. The van der Waals surface area contributed by atoms with E-state index in [9.17, 15) is 4.39 Å². The summed E-state index contributed by atoms with van der Waals surface area (Å²) in [7, 11) is 0. The van der Waals surface area contributed by atoms with Crippen LogP contribution in [0.25, 0.3) is 0 Å². The summed E-state index contributed by atoms with van der Waals surface area (Å²) < 4.78 is 19.4. The molecule has 2 N–H and O–H groups in total. The molecule has 0 aliphatic carbocycles. The summed E-state index contributed by atoms with van der Waals surface area (Å²) in [5.74, 6) is 0.821. The van der Waals surface area contributed by atoms with Crippen molar-refractivity contribution in [3.05, 3.63) is 53.3 Å². The zero-order valence-electron chi connectivity index (χ0n) is 11.4. The van der Waals surface area contributed by atoms with E-state index in [1.807, 2.05) is 19.1 Å². The van der Waals surface area contributed by atoms with Crippen LogP contribution in [0.4, 0.5) is 10.1 Å². The van der Waals surface area contributed by atoms with Crippen LogP contribution in [0, 0.1) is 12.7 Å². The Labute approximate surface area is 113 Å². The molecule has 0 spiro atoms. The van der Waals surface area contributed by atoms with Crippen molar-refractivity contribution in [2.45, 2.75) is 26.7 Å². The SMILES string of the molecule is Cc1ccc(C(C)C)cc1Oc1ccc(N)cc1F. The van der Waals surface area contributed by atoms with Crippen molar-refractivity contribution < 1.29 is 9.13 Å². The van der Waals surface area contributed by atoms with Gasteiger partial charge in [-0.1, -0.05) is 26.0 Å². The average molecular weight is 259 g/mol. The minimum Gasteiger partial charge on any atom is -0.454 e. The third-order valence-corrected chi connectivity index (χ3v) is 3.05. The molecular weight excluding hydrogens is 241 g/mol. The van der Waals surface area contributed by atoms with Crippen molar-refractivity contribution in [1.82, 2.24) is 0 Å². The fraction of sp³-hybridized carbons (Fsp3) is 0.250. The fourth-order valence-electron chi connectivity index (χ4n) is 1.80. The number of benzene rings is 2. The summed E-state index contributed by atoms with van der Waals surface area (Å²) >= 11 is 0.